The summed E-state index contributed by atoms with van der Waals surface area (Å²) in [6.45, 7) is 8.48. The molecule has 0 spiro atoms. The predicted octanol–water partition coefficient (Wildman–Crippen LogP) is 5.28. The number of benzene rings is 2. The Balaban J connectivity index is 1.76. The van der Waals surface area contributed by atoms with Crippen LogP contribution in [0, 0.1) is 19.8 Å². The smallest absolute Gasteiger partial charge is 0.263 e. The van der Waals surface area contributed by atoms with Gasteiger partial charge in [-0.2, -0.15) is 0 Å². The third-order valence-corrected chi connectivity index (χ3v) is 5.01. The van der Waals surface area contributed by atoms with Gasteiger partial charge in [-0.3, -0.25) is 0 Å². The summed E-state index contributed by atoms with van der Waals surface area (Å²) in [4.78, 5) is 12.0. The SMILES string of the molecule is Cc1cc(C)cc(Oc2nc3ccccc3nc2N2CCC(C)CC2)c1. The molecule has 0 radical (unpaired) electrons. The highest BCUT2D eigenvalue weighted by molar-refractivity contribution is 5.77. The summed E-state index contributed by atoms with van der Waals surface area (Å²) in [5, 5.41) is 0. The number of aryl methyl sites for hydroxylation is 2. The fourth-order valence-electron chi connectivity index (χ4n) is 3.57. The van der Waals surface area contributed by atoms with Crippen LogP contribution in [-0.2, 0) is 0 Å². The van der Waals surface area contributed by atoms with Gasteiger partial charge in [0.25, 0.3) is 5.88 Å². The van der Waals surface area contributed by atoms with E-state index in [0.29, 0.717) is 5.88 Å². The average Bonchev–Trinajstić information content (AvgIpc) is 2.61. The predicted molar refractivity (Wildman–Crippen MR) is 106 cm³/mol. The zero-order valence-electron chi connectivity index (χ0n) is 15.7. The van der Waals surface area contributed by atoms with Crippen LogP contribution in [0.15, 0.2) is 42.5 Å². The van der Waals surface area contributed by atoms with Crippen molar-refractivity contribution in [3.63, 3.8) is 0 Å². The lowest BCUT2D eigenvalue weighted by Gasteiger charge is -2.31. The lowest BCUT2D eigenvalue weighted by atomic mass is 9.99. The Kier molecular flexibility index (Phi) is 4.49. The van der Waals surface area contributed by atoms with Crippen LogP contribution in [0.3, 0.4) is 0 Å². The van der Waals surface area contributed by atoms with Crippen molar-refractivity contribution >= 4 is 16.9 Å². The molecular formula is C22H25N3O. The molecule has 2 aromatic carbocycles. The van der Waals surface area contributed by atoms with E-state index in [1.165, 1.54) is 24.0 Å². The Labute approximate surface area is 154 Å². The van der Waals surface area contributed by atoms with Crippen molar-refractivity contribution in [2.45, 2.75) is 33.6 Å². The minimum Gasteiger partial charge on any atom is -0.436 e. The van der Waals surface area contributed by atoms with Crippen molar-refractivity contribution in [2.75, 3.05) is 18.0 Å². The fourth-order valence-corrected chi connectivity index (χ4v) is 3.57. The molecule has 1 fully saturated rings. The number of aromatic nitrogens is 2. The molecule has 0 aliphatic carbocycles. The number of hydrogen-bond donors (Lipinski definition) is 0. The number of piperidine rings is 1. The highest BCUT2D eigenvalue weighted by Crippen LogP contribution is 2.33. The molecule has 0 unspecified atom stereocenters. The third-order valence-electron chi connectivity index (χ3n) is 5.01. The molecule has 134 valence electrons. The molecule has 4 heteroatoms. The molecule has 1 aliphatic rings. The summed E-state index contributed by atoms with van der Waals surface area (Å²) in [5.41, 5.74) is 4.14. The number of ether oxygens (including phenoxy) is 1. The summed E-state index contributed by atoms with van der Waals surface area (Å²) in [7, 11) is 0. The van der Waals surface area contributed by atoms with E-state index in [1.54, 1.807) is 0 Å². The Hall–Kier alpha value is -2.62. The van der Waals surface area contributed by atoms with Crippen molar-refractivity contribution in [1.82, 2.24) is 9.97 Å². The second-order valence-corrected chi connectivity index (χ2v) is 7.44. The first-order valence-corrected chi connectivity index (χ1v) is 9.36. The van der Waals surface area contributed by atoms with Crippen molar-refractivity contribution in [3.8, 4) is 11.6 Å². The summed E-state index contributed by atoms with van der Waals surface area (Å²) in [5.74, 6) is 3.04. The van der Waals surface area contributed by atoms with Gasteiger partial charge in [0.15, 0.2) is 5.82 Å². The van der Waals surface area contributed by atoms with Gasteiger partial charge in [0, 0.05) is 13.1 Å². The van der Waals surface area contributed by atoms with Gasteiger partial charge < -0.3 is 9.64 Å². The molecule has 0 bridgehead atoms. The molecule has 0 atom stereocenters. The maximum absolute atomic E-state index is 6.24. The molecule has 4 rings (SSSR count). The molecule has 0 N–H and O–H groups in total. The number of hydrogen-bond acceptors (Lipinski definition) is 4. The summed E-state index contributed by atoms with van der Waals surface area (Å²) < 4.78 is 6.24. The van der Waals surface area contributed by atoms with Gasteiger partial charge in [0.05, 0.1) is 11.0 Å². The van der Waals surface area contributed by atoms with E-state index in [-0.39, 0.29) is 0 Å². The molecule has 1 aromatic heterocycles. The Morgan fingerprint density at radius 1 is 0.923 bits per heavy atom. The van der Waals surface area contributed by atoms with Gasteiger partial charge in [-0.15, -0.1) is 0 Å². The fraction of sp³-hybridized carbons (Fsp3) is 0.364. The zero-order chi connectivity index (χ0) is 18.1. The van der Waals surface area contributed by atoms with E-state index in [1.807, 2.05) is 36.4 Å². The minimum atomic E-state index is 0.600. The second-order valence-electron chi connectivity index (χ2n) is 7.44. The lowest BCUT2D eigenvalue weighted by molar-refractivity contribution is 0.423. The van der Waals surface area contributed by atoms with E-state index in [0.717, 1.165) is 41.6 Å². The van der Waals surface area contributed by atoms with Crippen LogP contribution in [0.25, 0.3) is 11.0 Å². The van der Waals surface area contributed by atoms with Crippen LogP contribution in [0.4, 0.5) is 5.82 Å². The van der Waals surface area contributed by atoms with Crippen molar-refractivity contribution in [1.29, 1.82) is 0 Å². The number of nitrogens with zero attached hydrogens (tertiary/aromatic N) is 3. The monoisotopic (exact) mass is 347 g/mol. The van der Waals surface area contributed by atoms with Crippen LogP contribution < -0.4 is 9.64 Å². The van der Waals surface area contributed by atoms with E-state index in [2.05, 4.69) is 31.7 Å². The van der Waals surface area contributed by atoms with E-state index >= 15 is 0 Å². The van der Waals surface area contributed by atoms with E-state index in [4.69, 9.17) is 14.7 Å². The van der Waals surface area contributed by atoms with Gasteiger partial charge in [-0.1, -0.05) is 25.1 Å². The number of para-hydroxylation sites is 2. The zero-order valence-corrected chi connectivity index (χ0v) is 15.7. The van der Waals surface area contributed by atoms with Crippen LogP contribution >= 0.6 is 0 Å². The number of fused-ring (bicyclic) bond motifs is 1. The molecule has 1 aliphatic heterocycles. The molecule has 26 heavy (non-hydrogen) atoms. The molecule has 0 amide bonds. The number of anilines is 1. The summed E-state index contributed by atoms with van der Waals surface area (Å²) >= 11 is 0. The van der Waals surface area contributed by atoms with Crippen molar-refractivity contribution < 1.29 is 4.74 Å². The van der Waals surface area contributed by atoms with Gasteiger partial charge in [-0.25, -0.2) is 9.97 Å². The molecule has 1 saturated heterocycles. The molecular weight excluding hydrogens is 322 g/mol. The highest BCUT2D eigenvalue weighted by atomic mass is 16.5. The first-order chi connectivity index (χ1) is 12.6. The minimum absolute atomic E-state index is 0.600. The number of rotatable bonds is 3. The molecule has 3 aromatic rings. The van der Waals surface area contributed by atoms with Crippen LogP contribution in [-0.4, -0.2) is 23.1 Å². The first kappa shape index (κ1) is 16.8. The molecule has 2 heterocycles. The first-order valence-electron chi connectivity index (χ1n) is 9.36. The van der Waals surface area contributed by atoms with E-state index in [9.17, 15) is 0 Å². The molecule has 4 nitrogen and oxygen atoms in total. The van der Waals surface area contributed by atoms with Gasteiger partial charge in [0.2, 0.25) is 0 Å². The van der Waals surface area contributed by atoms with Crippen LogP contribution in [0.2, 0.25) is 0 Å². The lowest BCUT2D eigenvalue weighted by Crippen LogP contribution is -2.33. The summed E-state index contributed by atoms with van der Waals surface area (Å²) in [6, 6.07) is 14.2. The second kappa shape index (κ2) is 6.94. The maximum atomic E-state index is 6.24. The Bertz CT molecular complexity index is 910. The van der Waals surface area contributed by atoms with Gasteiger partial charge >= 0.3 is 0 Å². The topological polar surface area (TPSA) is 38.3 Å². The van der Waals surface area contributed by atoms with Crippen LogP contribution in [0.1, 0.15) is 30.9 Å². The largest absolute Gasteiger partial charge is 0.436 e. The quantitative estimate of drug-likeness (QED) is 0.646. The highest BCUT2D eigenvalue weighted by Gasteiger charge is 2.22. The van der Waals surface area contributed by atoms with Crippen molar-refractivity contribution in [3.05, 3.63) is 53.6 Å². The standard InChI is InChI=1S/C22H25N3O/c1-15-8-10-25(11-9-15)21-22(24-20-7-5-4-6-19(20)23-21)26-18-13-16(2)12-17(3)14-18/h4-7,12-15H,8-11H2,1-3H3. The van der Waals surface area contributed by atoms with Gasteiger partial charge in [0.1, 0.15) is 5.75 Å². The van der Waals surface area contributed by atoms with Gasteiger partial charge in [-0.05, 0) is 68.0 Å². The van der Waals surface area contributed by atoms with E-state index < -0.39 is 0 Å². The van der Waals surface area contributed by atoms with Crippen molar-refractivity contribution in [2.24, 2.45) is 5.92 Å². The Morgan fingerprint density at radius 3 is 2.19 bits per heavy atom. The Morgan fingerprint density at radius 2 is 1.54 bits per heavy atom. The maximum Gasteiger partial charge on any atom is 0.263 e. The normalized spacial score (nSPS) is 15.4. The average molecular weight is 347 g/mol. The summed E-state index contributed by atoms with van der Waals surface area (Å²) in [6.07, 6.45) is 2.36. The third kappa shape index (κ3) is 3.50. The molecule has 0 saturated carbocycles. The van der Waals surface area contributed by atoms with Crippen LogP contribution in [0.5, 0.6) is 11.6 Å².